The van der Waals surface area contributed by atoms with E-state index < -0.39 is 28.7 Å². The molecule has 2 fully saturated rings. The van der Waals surface area contributed by atoms with Gasteiger partial charge < -0.3 is 9.47 Å². The second kappa shape index (κ2) is 13.2. The predicted molar refractivity (Wildman–Crippen MR) is 143 cm³/mol. The fraction of sp³-hybridized carbons (Fsp3) is 0.625. The van der Waals surface area contributed by atoms with E-state index in [1.54, 1.807) is 19.1 Å². The van der Waals surface area contributed by atoms with E-state index in [0.29, 0.717) is 24.3 Å². The van der Waals surface area contributed by atoms with Gasteiger partial charge in [-0.05, 0) is 75.0 Å². The molecule has 38 heavy (non-hydrogen) atoms. The largest absolute Gasteiger partial charge is 0.491 e. The van der Waals surface area contributed by atoms with Gasteiger partial charge in [-0.1, -0.05) is 64.0 Å². The molecule has 0 bridgehead atoms. The lowest BCUT2D eigenvalue weighted by Crippen LogP contribution is -2.37. The third-order valence-corrected chi connectivity index (χ3v) is 8.81. The molecule has 2 aliphatic rings. The van der Waals surface area contributed by atoms with Crippen molar-refractivity contribution >= 4 is 0 Å². The minimum atomic E-state index is -1.02. The van der Waals surface area contributed by atoms with Gasteiger partial charge in [0.1, 0.15) is 0 Å². The van der Waals surface area contributed by atoms with Crippen LogP contribution in [0.1, 0.15) is 114 Å². The van der Waals surface area contributed by atoms with Gasteiger partial charge in [0.25, 0.3) is 0 Å². The highest BCUT2D eigenvalue weighted by Crippen LogP contribution is 2.44. The molecule has 0 radical (unpaired) electrons. The van der Waals surface area contributed by atoms with Crippen LogP contribution in [0.5, 0.6) is 11.5 Å². The van der Waals surface area contributed by atoms with Crippen LogP contribution in [-0.2, 0) is 5.41 Å². The van der Waals surface area contributed by atoms with Crippen molar-refractivity contribution in [1.82, 2.24) is 0 Å². The van der Waals surface area contributed by atoms with Crippen molar-refractivity contribution in [2.24, 2.45) is 5.92 Å². The molecule has 2 aromatic carbocycles. The zero-order chi connectivity index (χ0) is 27.1. The molecule has 0 aliphatic heterocycles. The monoisotopic (exact) mass is 534 g/mol. The molecule has 2 nitrogen and oxygen atoms in total. The van der Waals surface area contributed by atoms with Crippen molar-refractivity contribution in [2.45, 2.75) is 109 Å². The van der Waals surface area contributed by atoms with Gasteiger partial charge in [-0.3, -0.25) is 0 Å². The number of benzene rings is 2. The van der Waals surface area contributed by atoms with Crippen molar-refractivity contribution in [3.8, 4) is 11.5 Å². The molecule has 0 spiro atoms. The minimum Gasteiger partial charge on any atom is -0.491 e. The first-order valence-electron chi connectivity index (χ1n) is 14.6. The van der Waals surface area contributed by atoms with Crippen molar-refractivity contribution in [1.29, 1.82) is 0 Å². The summed E-state index contributed by atoms with van der Waals surface area (Å²) in [5.74, 6) is -3.38. The Balaban J connectivity index is 1.48. The summed E-state index contributed by atoms with van der Waals surface area (Å²) in [6, 6.07) is 6.16. The normalized spacial score (nSPS) is 21.3. The molecule has 4 rings (SSSR count). The standard InChI is InChI=1S/C32H42F4O2/c1-3-5-7-10-22-11-13-23(14-12-22)24-15-17-27(30(35)28(24)33)38-21-32(19-8-6-9-20-32)25-16-18-26(37-4-2)31(36)29(25)34/h15-18,22-23H,3-14,19-21H2,1-2H3. The van der Waals surface area contributed by atoms with E-state index in [1.807, 2.05) is 0 Å². The van der Waals surface area contributed by atoms with E-state index >= 15 is 13.2 Å². The summed E-state index contributed by atoms with van der Waals surface area (Å²) in [6.07, 6.45) is 12.6. The highest BCUT2D eigenvalue weighted by molar-refractivity contribution is 5.37. The SMILES string of the molecule is CCCCCC1CCC(c2ccc(OCC3(c4ccc(OCC)c(F)c4F)CCCCC3)c(F)c2F)CC1. The first-order chi connectivity index (χ1) is 18.4. The van der Waals surface area contributed by atoms with E-state index in [0.717, 1.165) is 44.9 Å². The molecule has 6 heteroatoms. The average Bonchev–Trinajstić information content (AvgIpc) is 2.93. The third-order valence-electron chi connectivity index (χ3n) is 8.81. The molecular formula is C32H42F4O2. The summed E-state index contributed by atoms with van der Waals surface area (Å²) < 4.78 is 71.5. The molecule has 2 aromatic rings. The van der Waals surface area contributed by atoms with E-state index in [2.05, 4.69) is 6.92 Å². The van der Waals surface area contributed by atoms with Crippen LogP contribution in [0.15, 0.2) is 24.3 Å². The predicted octanol–water partition coefficient (Wildman–Crippen LogP) is 9.78. The lowest BCUT2D eigenvalue weighted by atomic mass is 9.69. The molecule has 0 atom stereocenters. The van der Waals surface area contributed by atoms with Gasteiger partial charge >= 0.3 is 0 Å². The van der Waals surface area contributed by atoms with Gasteiger partial charge in [-0.15, -0.1) is 0 Å². The van der Waals surface area contributed by atoms with Gasteiger partial charge in [0.2, 0.25) is 11.6 Å². The van der Waals surface area contributed by atoms with Crippen LogP contribution in [-0.4, -0.2) is 13.2 Å². The van der Waals surface area contributed by atoms with Gasteiger partial charge in [0.05, 0.1) is 13.2 Å². The maximum absolute atomic E-state index is 15.2. The number of unbranched alkanes of at least 4 members (excludes halogenated alkanes) is 2. The van der Waals surface area contributed by atoms with Crippen LogP contribution in [0.25, 0.3) is 0 Å². The first kappa shape index (κ1) is 28.8. The number of rotatable bonds is 11. The highest BCUT2D eigenvalue weighted by atomic mass is 19.2. The second-order valence-corrected chi connectivity index (χ2v) is 11.3. The van der Waals surface area contributed by atoms with Crippen LogP contribution in [0.2, 0.25) is 0 Å². The maximum atomic E-state index is 15.2. The molecule has 0 N–H and O–H groups in total. The first-order valence-corrected chi connectivity index (χ1v) is 14.6. The van der Waals surface area contributed by atoms with E-state index in [4.69, 9.17) is 9.47 Å². The Kier molecular flexibility index (Phi) is 10.00. The smallest absolute Gasteiger partial charge is 0.200 e. The molecule has 0 amide bonds. The van der Waals surface area contributed by atoms with Crippen molar-refractivity contribution < 1.29 is 27.0 Å². The van der Waals surface area contributed by atoms with Crippen LogP contribution < -0.4 is 9.47 Å². The fourth-order valence-corrected chi connectivity index (χ4v) is 6.56. The Labute approximate surface area is 225 Å². The Hall–Kier alpha value is -2.24. The molecule has 210 valence electrons. The second-order valence-electron chi connectivity index (χ2n) is 11.3. The number of halogens is 4. The Bertz CT molecular complexity index is 1060. The Morgan fingerprint density at radius 1 is 0.737 bits per heavy atom. The summed E-state index contributed by atoms with van der Waals surface area (Å²) in [4.78, 5) is 0. The van der Waals surface area contributed by atoms with E-state index in [9.17, 15) is 4.39 Å². The van der Waals surface area contributed by atoms with Crippen LogP contribution in [0.3, 0.4) is 0 Å². The van der Waals surface area contributed by atoms with Crippen LogP contribution in [0.4, 0.5) is 17.6 Å². The third kappa shape index (κ3) is 6.31. The van der Waals surface area contributed by atoms with Gasteiger partial charge in [0, 0.05) is 11.0 Å². The maximum Gasteiger partial charge on any atom is 0.200 e. The molecule has 2 saturated carbocycles. The number of hydrogen-bond acceptors (Lipinski definition) is 2. The highest BCUT2D eigenvalue weighted by Gasteiger charge is 2.39. The minimum absolute atomic E-state index is 0.0200. The average molecular weight is 535 g/mol. The summed E-state index contributed by atoms with van der Waals surface area (Å²) in [5.41, 5.74) is -0.175. The summed E-state index contributed by atoms with van der Waals surface area (Å²) in [7, 11) is 0. The summed E-state index contributed by atoms with van der Waals surface area (Å²) >= 11 is 0. The van der Waals surface area contributed by atoms with Gasteiger partial charge in [-0.2, -0.15) is 8.78 Å². The molecule has 2 aliphatic carbocycles. The lowest BCUT2D eigenvalue weighted by Gasteiger charge is -2.38. The van der Waals surface area contributed by atoms with Crippen molar-refractivity contribution in [2.75, 3.05) is 13.2 Å². The van der Waals surface area contributed by atoms with Gasteiger partial charge in [-0.25, -0.2) is 8.78 Å². The van der Waals surface area contributed by atoms with Crippen molar-refractivity contribution in [3.63, 3.8) is 0 Å². The van der Waals surface area contributed by atoms with E-state index in [1.165, 1.54) is 37.8 Å². The number of hydrogen-bond donors (Lipinski definition) is 0. The van der Waals surface area contributed by atoms with Crippen LogP contribution >= 0.6 is 0 Å². The lowest BCUT2D eigenvalue weighted by molar-refractivity contribution is 0.158. The van der Waals surface area contributed by atoms with Crippen LogP contribution in [0, 0.1) is 29.2 Å². The summed E-state index contributed by atoms with van der Waals surface area (Å²) in [5, 5.41) is 0. The van der Waals surface area contributed by atoms with Gasteiger partial charge in [0.15, 0.2) is 23.1 Å². The quantitative estimate of drug-likeness (QED) is 0.211. The van der Waals surface area contributed by atoms with Crippen molar-refractivity contribution in [3.05, 3.63) is 58.7 Å². The zero-order valence-corrected chi connectivity index (χ0v) is 22.9. The Morgan fingerprint density at radius 2 is 1.39 bits per heavy atom. The number of ether oxygens (including phenoxy) is 2. The molecule has 0 saturated heterocycles. The molecular weight excluding hydrogens is 492 g/mol. The fourth-order valence-electron chi connectivity index (χ4n) is 6.56. The zero-order valence-electron chi connectivity index (χ0n) is 22.9. The Morgan fingerprint density at radius 3 is 2.08 bits per heavy atom. The van der Waals surface area contributed by atoms with E-state index in [-0.39, 0.29) is 36.2 Å². The molecule has 0 unspecified atom stereocenters. The molecule has 0 aromatic heterocycles. The molecule has 0 heterocycles. The summed E-state index contributed by atoms with van der Waals surface area (Å²) in [6.45, 7) is 4.09. The topological polar surface area (TPSA) is 18.5 Å².